The van der Waals surface area contributed by atoms with E-state index in [0.29, 0.717) is 6.61 Å². The summed E-state index contributed by atoms with van der Waals surface area (Å²) in [7, 11) is 0. The van der Waals surface area contributed by atoms with Gasteiger partial charge in [0.2, 0.25) is 0 Å². The van der Waals surface area contributed by atoms with Crippen LogP contribution in [0.1, 0.15) is 18.2 Å². The largest absolute Gasteiger partial charge is 0.487 e. The number of imidazole rings is 1. The zero-order valence-corrected chi connectivity index (χ0v) is 12.1. The summed E-state index contributed by atoms with van der Waals surface area (Å²) in [5.74, 6) is 0.877. The summed E-state index contributed by atoms with van der Waals surface area (Å²) in [6, 6.07) is 14.1. The van der Waals surface area contributed by atoms with Crippen LogP contribution in [0.3, 0.4) is 0 Å². The number of nitrogens with one attached hydrogen (secondary N) is 1. The fraction of sp³-hybridized carbons (Fsp3) is 0.235. The van der Waals surface area contributed by atoms with Crippen molar-refractivity contribution >= 4 is 5.65 Å². The number of hydrogen-bond acceptors (Lipinski definition) is 3. The van der Waals surface area contributed by atoms with Crippen molar-refractivity contribution in [3.8, 4) is 5.75 Å². The van der Waals surface area contributed by atoms with E-state index in [1.807, 2.05) is 47.1 Å². The first kappa shape index (κ1) is 13.6. The zero-order valence-electron chi connectivity index (χ0n) is 12.1. The summed E-state index contributed by atoms with van der Waals surface area (Å²) in [5.41, 5.74) is 3.10. The molecule has 3 rings (SSSR count). The van der Waals surface area contributed by atoms with Gasteiger partial charge in [0, 0.05) is 18.9 Å². The van der Waals surface area contributed by atoms with Crippen LogP contribution in [0, 0.1) is 0 Å². The van der Waals surface area contributed by atoms with Crippen molar-refractivity contribution in [3.63, 3.8) is 0 Å². The molecule has 2 aromatic heterocycles. The van der Waals surface area contributed by atoms with Gasteiger partial charge >= 0.3 is 0 Å². The van der Waals surface area contributed by atoms with Gasteiger partial charge in [-0.15, -0.1) is 0 Å². The topological polar surface area (TPSA) is 38.6 Å². The number of nitrogens with zero attached hydrogens (tertiary/aromatic N) is 2. The summed E-state index contributed by atoms with van der Waals surface area (Å²) in [4.78, 5) is 4.53. The Morgan fingerprint density at radius 1 is 1.19 bits per heavy atom. The molecule has 0 unspecified atom stereocenters. The van der Waals surface area contributed by atoms with Crippen LogP contribution in [0.4, 0.5) is 0 Å². The third kappa shape index (κ3) is 3.41. The van der Waals surface area contributed by atoms with Crippen LogP contribution in [-0.4, -0.2) is 15.9 Å². The summed E-state index contributed by atoms with van der Waals surface area (Å²) in [5, 5.41) is 3.31. The average Bonchev–Trinajstić information content (AvgIpc) is 2.94. The number of rotatable bonds is 6. The van der Waals surface area contributed by atoms with E-state index in [-0.39, 0.29) is 0 Å². The van der Waals surface area contributed by atoms with Gasteiger partial charge in [-0.1, -0.05) is 25.1 Å². The van der Waals surface area contributed by atoms with E-state index in [9.17, 15) is 0 Å². The van der Waals surface area contributed by atoms with Crippen molar-refractivity contribution in [2.45, 2.75) is 20.1 Å². The second kappa shape index (κ2) is 6.41. The van der Waals surface area contributed by atoms with Crippen LogP contribution in [0.25, 0.3) is 5.65 Å². The molecule has 0 aliphatic carbocycles. The minimum Gasteiger partial charge on any atom is -0.487 e. The number of fused-ring (bicyclic) bond motifs is 1. The second-order valence-corrected chi connectivity index (χ2v) is 4.91. The maximum atomic E-state index is 5.84. The molecule has 0 amide bonds. The fourth-order valence-corrected chi connectivity index (χ4v) is 2.23. The Kier molecular flexibility index (Phi) is 4.17. The lowest BCUT2D eigenvalue weighted by Crippen LogP contribution is -2.11. The van der Waals surface area contributed by atoms with E-state index in [1.165, 1.54) is 5.56 Å². The van der Waals surface area contributed by atoms with Gasteiger partial charge in [0.15, 0.2) is 0 Å². The van der Waals surface area contributed by atoms with Crippen molar-refractivity contribution in [2.75, 3.05) is 6.54 Å². The zero-order chi connectivity index (χ0) is 14.5. The highest BCUT2D eigenvalue weighted by atomic mass is 16.5. The molecule has 0 saturated heterocycles. The molecule has 4 nitrogen and oxygen atoms in total. The van der Waals surface area contributed by atoms with Gasteiger partial charge < -0.3 is 14.5 Å². The third-order valence-electron chi connectivity index (χ3n) is 3.28. The summed E-state index contributed by atoms with van der Waals surface area (Å²) < 4.78 is 7.84. The van der Waals surface area contributed by atoms with Crippen LogP contribution < -0.4 is 10.1 Å². The van der Waals surface area contributed by atoms with Gasteiger partial charge in [-0.05, 0) is 36.4 Å². The maximum Gasteiger partial charge on any atom is 0.137 e. The fourth-order valence-electron chi connectivity index (χ4n) is 2.23. The first-order chi connectivity index (χ1) is 10.3. The molecule has 0 aliphatic rings. The molecule has 0 atom stereocenters. The molecule has 4 heteroatoms. The average molecular weight is 281 g/mol. The van der Waals surface area contributed by atoms with Crippen LogP contribution in [0.2, 0.25) is 0 Å². The van der Waals surface area contributed by atoms with E-state index in [0.717, 1.165) is 30.2 Å². The van der Waals surface area contributed by atoms with Gasteiger partial charge in [-0.2, -0.15) is 0 Å². The predicted octanol–water partition coefficient (Wildman–Crippen LogP) is 3.02. The van der Waals surface area contributed by atoms with Crippen LogP contribution in [0.15, 0.2) is 54.9 Å². The highest BCUT2D eigenvalue weighted by molar-refractivity contribution is 5.39. The Morgan fingerprint density at radius 3 is 3.00 bits per heavy atom. The predicted molar refractivity (Wildman–Crippen MR) is 83.3 cm³/mol. The third-order valence-corrected chi connectivity index (χ3v) is 3.28. The monoisotopic (exact) mass is 281 g/mol. The molecule has 0 aliphatic heterocycles. The van der Waals surface area contributed by atoms with Gasteiger partial charge in [-0.3, -0.25) is 0 Å². The Balaban J connectivity index is 1.66. The molecular formula is C17H19N3O. The SMILES string of the molecule is CCNCc1cccc(OCc2cn3ccccc3n2)c1. The van der Waals surface area contributed by atoms with Crippen LogP contribution in [-0.2, 0) is 13.2 Å². The van der Waals surface area contributed by atoms with Crippen molar-refractivity contribution in [3.05, 3.63) is 66.1 Å². The van der Waals surface area contributed by atoms with Crippen molar-refractivity contribution in [1.29, 1.82) is 0 Å². The summed E-state index contributed by atoms with van der Waals surface area (Å²) >= 11 is 0. The number of pyridine rings is 1. The standard InChI is InChI=1S/C17H19N3O/c1-2-18-11-14-6-5-7-16(10-14)21-13-15-12-20-9-4-3-8-17(20)19-15/h3-10,12,18H,2,11,13H2,1H3. The summed E-state index contributed by atoms with van der Waals surface area (Å²) in [6.07, 6.45) is 3.99. The van der Waals surface area contributed by atoms with Gasteiger partial charge in [-0.25, -0.2) is 4.98 Å². The van der Waals surface area contributed by atoms with Gasteiger partial charge in [0.25, 0.3) is 0 Å². The Hall–Kier alpha value is -2.33. The summed E-state index contributed by atoms with van der Waals surface area (Å²) in [6.45, 7) is 4.41. The van der Waals surface area contributed by atoms with E-state index in [2.05, 4.69) is 29.4 Å². The molecule has 0 bridgehead atoms. The maximum absolute atomic E-state index is 5.84. The smallest absolute Gasteiger partial charge is 0.137 e. The van der Waals surface area contributed by atoms with E-state index in [1.54, 1.807) is 0 Å². The Bertz CT molecular complexity index is 688. The quantitative estimate of drug-likeness (QED) is 0.755. The lowest BCUT2D eigenvalue weighted by Gasteiger charge is -2.07. The van der Waals surface area contributed by atoms with E-state index >= 15 is 0 Å². The highest BCUT2D eigenvalue weighted by Gasteiger charge is 2.02. The molecule has 0 fully saturated rings. The molecule has 108 valence electrons. The lowest BCUT2D eigenvalue weighted by molar-refractivity contribution is 0.301. The molecule has 0 radical (unpaired) electrons. The molecule has 0 saturated carbocycles. The van der Waals surface area contributed by atoms with E-state index in [4.69, 9.17) is 4.74 Å². The van der Waals surface area contributed by atoms with Crippen molar-refractivity contribution < 1.29 is 4.74 Å². The van der Waals surface area contributed by atoms with Crippen molar-refractivity contribution in [2.24, 2.45) is 0 Å². The number of ether oxygens (including phenoxy) is 1. The minimum atomic E-state index is 0.479. The lowest BCUT2D eigenvalue weighted by atomic mass is 10.2. The molecule has 1 N–H and O–H groups in total. The first-order valence-electron chi connectivity index (χ1n) is 7.20. The highest BCUT2D eigenvalue weighted by Crippen LogP contribution is 2.15. The van der Waals surface area contributed by atoms with Crippen LogP contribution in [0.5, 0.6) is 5.75 Å². The van der Waals surface area contributed by atoms with Crippen molar-refractivity contribution in [1.82, 2.24) is 14.7 Å². The van der Waals surface area contributed by atoms with E-state index < -0.39 is 0 Å². The number of hydrogen-bond donors (Lipinski definition) is 1. The molecule has 0 spiro atoms. The first-order valence-corrected chi connectivity index (χ1v) is 7.20. The molecule has 21 heavy (non-hydrogen) atoms. The normalized spacial score (nSPS) is 10.9. The molecule has 3 aromatic rings. The Morgan fingerprint density at radius 2 is 2.14 bits per heavy atom. The van der Waals surface area contributed by atoms with Crippen LogP contribution >= 0.6 is 0 Å². The van der Waals surface area contributed by atoms with Gasteiger partial charge in [0.05, 0.1) is 5.69 Å². The molecule has 2 heterocycles. The van der Waals surface area contributed by atoms with Gasteiger partial charge in [0.1, 0.15) is 18.0 Å². The molecule has 1 aromatic carbocycles. The number of benzene rings is 1. The second-order valence-electron chi connectivity index (χ2n) is 4.91. The molecular weight excluding hydrogens is 262 g/mol. The Labute approximate surface area is 124 Å². The minimum absolute atomic E-state index is 0.479. The number of aromatic nitrogens is 2.